The zero-order valence-corrected chi connectivity index (χ0v) is 31.7. The highest BCUT2D eigenvalue weighted by atomic mass is 16.5. The number of alkyl carbamates (subject to hydrolysis) is 1. The third-order valence-electron chi connectivity index (χ3n) is 10.4. The second-order valence-electron chi connectivity index (χ2n) is 16.4. The number of hydrogen-bond donors (Lipinski definition) is 4. The molecule has 1 unspecified atom stereocenters. The highest BCUT2D eigenvalue weighted by Gasteiger charge is 2.49. The summed E-state index contributed by atoms with van der Waals surface area (Å²) in [5.41, 5.74) is -1.22. The first-order valence-corrected chi connectivity index (χ1v) is 18.9. The molecule has 1 saturated heterocycles. The summed E-state index contributed by atoms with van der Waals surface area (Å²) in [6, 6.07) is -3.37. The molecule has 50 heavy (non-hydrogen) atoms. The summed E-state index contributed by atoms with van der Waals surface area (Å²) in [5, 5.41) is 11.9. The maximum atomic E-state index is 14.6. The number of carbonyl (C=O) groups is 5. The standard InChI is InChI=1S/C38H65N5O7/c1-9-19-39-24-49-23-29(44)28(22-26-14-15-26)40-33(45)30-27(21-25(3)4)16-20-43(30)35(47)32(37(5,6)7)41-34(46)31(42-36(48)50-10-2)38(8)17-12-11-13-18-38/h9,25-28,30-32,39H,1,10-24H2,2-8H3,(H,40,45)(H,41,46)(H,42,48)/t27-,28?,30+,31-,32-/m1/s1. The van der Waals surface area contributed by atoms with E-state index < -0.39 is 47.0 Å². The second-order valence-corrected chi connectivity index (χ2v) is 16.4. The van der Waals surface area contributed by atoms with Gasteiger partial charge in [-0.25, -0.2) is 4.79 Å². The molecule has 1 heterocycles. The highest BCUT2D eigenvalue weighted by Crippen LogP contribution is 2.40. The van der Waals surface area contributed by atoms with E-state index in [2.05, 4.69) is 41.7 Å². The summed E-state index contributed by atoms with van der Waals surface area (Å²) in [5.74, 6) is -0.770. The number of hydrogen-bond acceptors (Lipinski definition) is 8. The van der Waals surface area contributed by atoms with Gasteiger partial charge in [0.2, 0.25) is 17.7 Å². The summed E-state index contributed by atoms with van der Waals surface area (Å²) >= 11 is 0. The van der Waals surface area contributed by atoms with E-state index in [9.17, 15) is 24.0 Å². The lowest BCUT2D eigenvalue weighted by Gasteiger charge is -2.42. The van der Waals surface area contributed by atoms with E-state index in [-0.39, 0.29) is 49.4 Å². The average molecular weight is 704 g/mol. The van der Waals surface area contributed by atoms with E-state index in [1.54, 1.807) is 17.9 Å². The van der Waals surface area contributed by atoms with Crippen molar-refractivity contribution in [3.63, 3.8) is 0 Å². The minimum atomic E-state index is -0.970. The van der Waals surface area contributed by atoms with Gasteiger partial charge in [-0.05, 0) is 67.6 Å². The first kappa shape index (κ1) is 41.4. The molecule has 2 saturated carbocycles. The molecule has 3 fully saturated rings. The van der Waals surface area contributed by atoms with Crippen molar-refractivity contribution >= 4 is 29.6 Å². The molecule has 0 aromatic rings. The predicted octanol–water partition coefficient (Wildman–Crippen LogP) is 4.47. The van der Waals surface area contributed by atoms with E-state index in [1.165, 1.54) is 0 Å². The Kier molecular flexibility index (Phi) is 15.8. The number of nitrogens with zero attached hydrogens (tertiary/aromatic N) is 1. The van der Waals surface area contributed by atoms with Crippen molar-refractivity contribution in [1.29, 1.82) is 0 Å². The molecular formula is C38H65N5O7. The smallest absolute Gasteiger partial charge is 0.407 e. The van der Waals surface area contributed by atoms with Crippen molar-refractivity contribution in [3.05, 3.63) is 12.7 Å². The van der Waals surface area contributed by atoms with E-state index in [0.717, 1.165) is 51.4 Å². The highest BCUT2D eigenvalue weighted by molar-refractivity contribution is 5.96. The van der Waals surface area contributed by atoms with Crippen LogP contribution in [-0.4, -0.2) is 91.7 Å². The van der Waals surface area contributed by atoms with Gasteiger partial charge in [-0.1, -0.05) is 79.7 Å². The maximum absolute atomic E-state index is 14.6. The molecule has 1 aliphatic heterocycles. The second kappa shape index (κ2) is 19.0. The molecular weight excluding hydrogens is 638 g/mol. The number of ketones is 1. The van der Waals surface area contributed by atoms with Crippen LogP contribution in [0.2, 0.25) is 0 Å². The fourth-order valence-corrected chi connectivity index (χ4v) is 7.55. The molecule has 3 aliphatic rings. The molecule has 0 bridgehead atoms. The molecule has 2 aliphatic carbocycles. The molecule has 5 atom stereocenters. The van der Waals surface area contributed by atoms with Crippen molar-refractivity contribution in [2.24, 2.45) is 28.6 Å². The van der Waals surface area contributed by atoms with Crippen LogP contribution in [0.25, 0.3) is 0 Å². The lowest BCUT2D eigenvalue weighted by molar-refractivity contribution is -0.146. The van der Waals surface area contributed by atoms with Gasteiger partial charge >= 0.3 is 6.09 Å². The average Bonchev–Trinajstić information content (AvgIpc) is 3.77. The van der Waals surface area contributed by atoms with Crippen LogP contribution in [0.1, 0.15) is 113 Å². The largest absolute Gasteiger partial charge is 0.450 e. The van der Waals surface area contributed by atoms with Gasteiger partial charge in [-0.3, -0.25) is 24.5 Å². The Labute approximate surface area is 300 Å². The fraction of sp³-hybridized carbons (Fsp3) is 0.816. The summed E-state index contributed by atoms with van der Waals surface area (Å²) < 4.78 is 10.7. The van der Waals surface area contributed by atoms with Gasteiger partial charge in [-0.15, -0.1) is 6.58 Å². The van der Waals surface area contributed by atoms with Gasteiger partial charge in [0.25, 0.3) is 0 Å². The summed E-state index contributed by atoms with van der Waals surface area (Å²) in [4.78, 5) is 70.6. The van der Waals surface area contributed by atoms with Crippen molar-refractivity contribution in [2.75, 3.05) is 33.0 Å². The SMILES string of the molecule is C=CCNCOCC(=O)C(CC1CC1)NC(=O)[C@@H]1[C@@H](CC(C)C)CCN1C(=O)[C@@H](NC(=O)[C@@H](NC(=O)OCC)C1(C)CCCCC1)C(C)(C)C. The molecule has 12 nitrogen and oxygen atoms in total. The third-order valence-corrected chi connectivity index (χ3v) is 10.4. The molecule has 4 amide bonds. The predicted molar refractivity (Wildman–Crippen MR) is 193 cm³/mol. The Morgan fingerprint density at radius 1 is 0.980 bits per heavy atom. The first-order valence-electron chi connectivity index (χ1n) is 18.9. The number of likely N-dealkylation sites (tertiary alicyclic amines) is 1. The van der Waals surface area contributed by atoms with E-state index >= 15 is 0 Å². The molecule has 0 aromatic heterocycles. The molecule has 0 radical (unpaired) electrons. The van der Waals surface area contributed by atoms with Crippen LogP contribution in [0, 0.1) is 28.6 Å². The lowest BCUT2D eigenvalue weighted by Crippen LogP contribution is -2.63. The van der Waals surface area contributed by atoms with Gasteiger partial charge in [0.1, 0.15) is 24.7 Å². The monoisotopic (exact) mass is 703 g/mol. The van der Waals surface area contributed by atoms with Crippen LogP contribution >= 0.6 is 0 Å². The Hall–Kier alpha value is -2.99. The van der Waals surface area contributed by atoms with Crippen LogP contribution in [0.15, 0.2) is 12.7 Å². The van der Waals surface area contributed by atoms with Crippen molar-refractivity contribution in [1.82, 2.24) is 26.2 Å². The molecule has 4 N–H and O–H groups in total. The minimum absolute atomic E-state index is 0.106. The van der Waals surface area contributed by atoms with Gasteiger partial charge in [0, 0.05) is 13.1 Å². The van der Waals surface area contributed by atoms with E-state index in [1.807, 2.05) is 27.7 Å². The summed E-state index contributed by atoms with van der Waals surface area (Å²) in [6.07, 6.45) is 9.44. The molecule has 12 heteroatoms. The number of ether oxygens (including phenoxy) is 2. The van der Waals surface area contributed by atoms with Crippen LogP contribution in [0.4, 0.5) is 4.79 Å². The zero-order valence-electron chi connectivity index (χ0n) is 31.7. The Morgan fingerprint density at radius 3 is 2.24 bits per heavy atom. The first-order chi connectivity index (χ1) is 23.6. The Morgan fingerprint density at radius 2 is 1.66 bits per heavy atom. The maximum Gasteiger partial charge on any atom is 0.407 e. The van der Waals surface area contributed by atoms with E-state index in [0.29, 0.717) is 31.8 Å². The minimum Gasteiger partial charge on any atom is -0.450 e. The quantitative estimate of drug-likeness (QED) is 0.0873. The normalized spacial score (nSPS) is 22.3. The fourth-order valence-electron chi connectivity index (χ4n) is 7.55. The van der Waals surface area contributed by atoms with Gasteiger partial charge in [-0.2, -0.15) is 0 Å². The van der Waals surface area contributed by atoms with Gasteiger partial charge in [0.15, 0.2) is 5.78 Å². The van der Waals surface area contributed by atoms with Crippen LogP contribution in [-0.2, 0) is 28.7 Å². The topological polar surface area (TPSA) is 155 Å². The number of rotatable bonds is 19. The Balaban J connectivity index is 1.86. The molecule has 3 rings (SSSR count). The lowest BCUT2D eigenvalue weighted by atomic mass is 9.70. The van der Waals surface area contributed by atoms with Crippen molar-refractivity contribution < 1.29 is 33.4 Å². The molecule has 0 aromatic carbocycles. The molecule has 284 valence electrons. The number of carbonyl (C=O) groups excluding carboxylic acids is 5. The molecule has 0 spiro atoms. The van der Waals surface area contributed by atoms with Crippen LogP contribution < -0.4 is 21.3 Å². The van der Waals surface area contributed by atoms with Crippen LogP contribution in [0.5, 0.6) is 0 Å². The van der Waals surface area contributed by atoms with Crippen LogP contribution in [0.3, 0.4) is 0 Å². The Bertz CT molecular complexity index is 1170. The number of nitrogens with one attached hydrogen (secondary N) is 4. The van der Waals surface area contributed by atoms with Crippen molar-refractivity contribution in [2.45, 2.75) is 137 Å². The van der Waals surface area contributed by atoms with Crippen molar-refractivity contribution in [3.8, 4) is 0 Å². The third kappa shape index (κ3) is 12.1. The number of amides is 4. The number of Topliss-reactive ketones (excluding diaryl/α,β-unsaturated/α-hetero) is 1. The summed E-state index contributed by atoms with van der Waals surface area (Å²) in [6.45, 7) is 18.4. The van der Waals surface area contributed by atoms with E-state index in [4.69, 9.17) is 9.47 Å². The zero-order chi connectivity index (χ0) is 37.1. The summed E-state index contributed by atoms with van der Waals surface area (Å²) in [7, 11) is 0. The van der Waals surface area contributed by atoms with Gasteiger partial charge < -0.3 is 30.3 Å². The van der Waals surface area contributed by atoms with Gasteiger partial charge in [0.05, 0.1) is 19.4 Å².